The molecule has 2 saturated carbocycles. The molecule has 1 N–H and O–H groups in total. The van der Waals surface area contributed by atoms with Crippen molar-refractivity contribution in [2.75, 3.05) is 6.54 Å². The van der Waals surface area contributed by atoms with Crippen molar-refractivity contribution in [3.05, 3.63) is 35.4 Å². The van der Waals surface area contributed by atoms with E-state index in [0.29, 0.717) is 17.9 Å². The number of nitrogens with one attached hydrogen (secondary N) is 1. The number of halogens is 2. The lowest BCUT2D eigenvalue weighted by molar-refractivity contribution is -0.122. The molecular formula is C15H17F2NO. The van der Waals surface area contributed by atoms with Crippen LogP contribution in [-0.2, 0) is 4.79 Å². The Bertz CT molecular complexity index is 499. The molecule has 0 saturated heterocycles. The lowest BCUT2D eigenvalue weighted by Gasteiger charge is -2.25. The second-order valence-corrected chi connectivity index (χ2v) is 5.66. The molecule has 2 aliphatic carbocycles. The molecule has 0 aliphatic heterocycles. The Labute approximate surface area is 111 Å². The Morgan fingerprint density at radius 2 is 2.11 bits per heavy atom. The van der Waals surface area contributed by atoms with Crippen LogP contribution < -0.4 is 5.32 Å². The Balaban J connectivity index is 1.57. The van der Waals surface area contributed by atoms with Gasteiger partial charge in [0.2, 0.25) is 5.91 Å². The first-order valence-corrected chi connectivity index (χ1v) is 6.88. The van der Waals surface area contributed by atoms with Crippen molar-refractivity contribution < 1.29 is 13.6 Å². The zero-order chi connectivity index (χ0) is 13.4. The van der Waals surface area contributed by atoms with Gasteiger partial charge in [-0.25, -0.2) is 8.78 Å². The highest BCUT2D eigenvalue weighted by Crippen LogP contribution is 2.48. The number of hydrogen-bond donors (Lipinski definition) is 1. The third-order valence-corrected chi connectivity index (χ3v) is 4.27. The minimum Gasteiger partial charge on any atom is -0.356 e. The number of rotatable bonds is 4. The summed E-state index contributed by atoms with van der Waals surface area (Å²) >= 11 is 0. The molecule has 2 atom stereocenters. The summed E-state index contributed by atoms with van der Waals surface area (Å²) in [5, 5.41) is 2.93. The Kier molecular flexibility index (Phi) is 3.25. The van der Waals surface area contributed by atoms with Gasteiger partial charge < -0.3 is 5.32 Å². The van der Waals surface area contributed by atoms with E-state index in [9.17, 15) is 13.6 Å². The van der Waals surface area contributed by atoms with Crippen LogP contribution in [0.2, 0.25) is 0 Å². The normalized spacial score (nSPS) is 25.8. The lowest BCUT2D eigenvalue weighted by Crippen LogP contribution is -2.33. The first-order valence-electron chi connectivity index (χ1n) is 6.88. The molecule has 1 aromatic carbocycles. The van der Waals surface area contributed by atoms with Crippen LogP contribution in [0.15, 0.2) is 18.2 Å². The smallest absolute Gasteiger partial charge is 0.223 e. The Hall–Kier alpha value is -1.45. The van der Waals surface area contributed by atoms with E-state index < -0.39 is 11.6 Å². The minimum atomic E-state index is -0.447. The van der Waals surface area contributed by atoms with Gasteiger partial charge in [-0.15, -0.1) is 0 Å². The molecule has 1 amide bonds. The zero-order valence-corrected chi connectivity index (χ0v) is 10.7. The topological polar surface area (TPSA) is 29.1 Å². The number of benzene rings is 1. The fraction of sp³-hybridized carbons (Fsp3) is 0.533. The van der Waals surface area contributed by atoms with Crippen molar-refractivity contribution >= 4 is 5.91 Å². The Morgan fingerprint density at radius 3 is 2.79 bits per heavy atom. The fourth-order valence-electron chi connectivity index (χ4n) is 2.70. The predicted octanol–water partition coefficient (Wildman–Crippen LogP) is 2.98. The second kappa shape index (κ2) is 4.91. The molecule has 2 aliphatic rings. The van der Waals surface area contributed by atoms with Crippen LogP contribution in [0.5, 0.6) is 0 Å². The third-order valence-electron chi connectivity index (χ3n) is 4.27. The molecule has 0 radical (unpaired) electrons. The third kappa shape index (κ3) is 2.62. The minimum absolute atomic E-state index is 0.0134. The van der Waals surface area contributed by atoms with Gasteiger partial charge in [0.15, 0.2) is 0 Å². The zero-order valence-electron chi connectivity index (χ0n) is 10.7. The van der Waals surface area contributed by atoms with E-state index in [-0.39, 0.29) is 17.7 Å². The van der Waals surface area contributed by atoms with E-state index in [4.69, 9.17) is 0 Å². The second-order valence-electron chi connectivity index (χ2n) is 5.66. The van der Waals surface area contributed by atoms with Crippen molar-refractivity contribution in [2.45, 2.75) is 31.6 Å². The summed E-state index contributed by atoms with van der Waals surface area (Å²) in [7, 11) is 0. The fourth-order valence-corrected chi connectivity index (χ4v) is 2.70. The molecule has 19 heavy (non-hydrogen) atoms. The van der Waals surface area contributed by atoms with Crippen molar-refractivity contribution in [1.29, 1.82) is 0 Å². The molecule has 102 valence electrons. The van der Waals surface area contributed by atoms with Gasteiger partial charge in [0.05, 0.1) is 0 Å². The van der Waals surface area contributed by atoms with E-state index in [1.165, 1.54) is 25.3 Å². The van der Waals surface area contributed by atoms with Gasteiger partial charge in [-0.1, -0.05) is 6.42 Å². The molecule has 4 heteroatoms. The molecule has 1 aromatic rings. The molecule has 2 nitrogen and oxygen atoms in total. The van der Waals surface area contributed by atoms with Gasteiger partial charge in [0.25, 0.3) is 0 Å². The highest BCUT2D eigenvalue weighted by Gasteiger charge is 2.45. The standard InChI is InChI=1S/C15H17F2NO/c16-10-4-5-14(17)12(6-10)11-7-13(11)15(19)18-8-9-2-1-3-9/h4-6,9,11,13H,1-3,7-8H2,(H,18,19)/t11-,13-/m1/s1. The summed E-state index contributed by atoms with van der Waals surface area (Å²) in [6, 6.07) is 3.44. The van der Waals surface area contributed by atoms with Gasteiger partial charge in [-0.3, -0.25) is 4.79 Å². The Morgan fingerprint density at radius 1 is 1.32 bits per heavy atom. The van der Waals surface area contributed by atoms with Crippen molar-refractivity contribution in [3.8, 4) is 0 Å². The van der Waals surface area contributed by atoms with Gasteiger partial charge in [0, 0.05) is 12.5 Å². The summed E-state index contributed by atoms with van der Waals surface area (Å²) < 4.78 is 26.7. The molecule has 3 rings (SSSR count). The molecular weight excluding hydrogens is 248 g/mol. The van der Waals surface area contributed by atoms with Crippen LogP contribution in [0, 0.1) is 23.5 Å². The molecule has 0 unspecified atom stereocenters. The van der Waals surface area contributed by atoms with Gasteiger partial charge in [0.1, 0.15) is 11.6 Å². The van der Waals surface area contributed by atoms with Gasteiger partial charge in [-0.05, 0) is 54.9 Å². The molecule has 0 aromatic heterocycles. The van der Waals surface area contributed by atoms with Gasteiger partial charge >= 0.3 is 0 Å². The van der Waals surface area contributed by atoms with E-state index in [1.54, 1.807) is 0 Å². The van der Waals surface area contributed by atoms with E-state index in [1.807, 2.05) is 0 Å². The molecule has 0 heterocycles. The average molecular weight is 265 g/mol. The number of hydrogen-bond acceptors (Lipinski definition) is 1. The number of amides is 1. The number of carbonyl (C=O) groups excluding carboxylic acids is 1. The van der Waals surface area contributed by atoms with Gasteiger partial charge in [-0.2, -0.15) is 0 Å². The quantitative estimate of drug-likeness (QED) is 0.891. The maximum absolute atomic E-state index is 13.6. The van der Waals surface area contributed by atoms with E-state index in [2.05, 4.69) is 5.32 Å². The summed E-state index contributed by atoms with van der Waals surface area (Å²) in [6.07, 6.45) is 4.25. The highest BCUT2D eigenvalue weighted by molar-refractivity contribution is 5.82. The van der Waals surface area contributed by atoms with Crippen LogP contribution in [0.25, 0.3) is 0 Å². The first kappa shape index (κ1) is 12.6. The van der Waals surface area contributed by atoms with Crippen LogP contribution in [0.1, 0.15) is 37.2 Å². The molecule has 0 spiro atoms. The van der Waals surface area contributed by atoms with E-state index in [0.717, 1.165) is 18.7 Å². The first-order chi connectivity index (χ1) is 9.15. The number of carbonyl (C=O) groups is 1. The summed E-state index contributed by atoms with van der Waals surface area (Å²) in [5.41, 5.74) is 0.337. The van der Waals surface area contributed by atoms with Crippen molar-refractivity contribution in [1.82, 2.24) is 5.32 Å². The largest absolute Gasteiger partial charge is 0.356 e. The van der Waals surface area contributed by atoms with Crippen molar-refractivity contribution in [3.63, 3.8) is 0 Å². The molecule has 0 bridgehead atoms. The SMILES string of the molecule is O=C(NCC1CCC1)[C@@H]1C[C@@H]1c1cc(F)ccc1F. The van der Waals surface area contributed by atoms with Crippen LogP contribution >= 0.6 is 0 Å². The summed E-state index contributed by atoms with van der Waals surface area (Å²) in [5.74, 6) is -0.598. The maximum atomic E-state index is 13.6. The summed E-state index contributed by atoms with van der Waals surface area (Å²) in [6.45, 7) is 0.730. The molecule has 2 fully saturated rings. The van der Waals surface area contributed by atoms with Crippen LogP contribution in [-0.4, -0.2) is 12.5 Å². The van der Waals surface area contributed by atoms with Crippen LogP contribution in [0.4, 0.5) is 8.78 Å². The average Bonchev–Trinajstić information content (AvgIpc) is 3.10. The van der Waals surface area contributed by atoms with E-state index >= 15 is 0 Å². The lowest BCUT2D eigenvalue weighted by atomic mass is 9.85. The summed E-state index contributed by atoms with van der Waals surface area (Å²) in [4.78, 5) is 11.9. The maximum Gasteiger partial charge on any atom is 0.223 e. The predicted molar refractivity (Wildman–Crippen MR) is 67.6 cm³/mol. The highest BCUT2D eigenvalue weighted by atomic mass is 19.1. The van der Waals surface area contributed by atoms with Crippen molar-refractivity contribution in [2.24, 2.45) is 11.8 Å². The van der Waals surface area contributed by atoms with Crippen LogP contribution in [0.3, 0.4) is 0 Å². The monoisotopic (exact) mass is 265 g/mol.